The molecule has 0 radical (unpaired) electrons. The highest BCUT2D eigenvalue weighted by Crippen LogP contribution is 2.46. The molecule has 0 unspecified atom stereocenters. The van der Waals surface area contributed by atoms with Crippen LogP contribution in [0.4, 0.5) is 5.95 Å². The molecule has 0 spiro atoms. The van der Waals surface area contributed by atoms with E-state index in [1.54, 1.807) is 21.1 Å². The lowest BCUT2D eigenvalue weighted by atomic mass is 9.91. The van der Waals surface area contributed by atoms with E-state index in [1.807, 2.05) is 77.4 Å². The maximum Gasteiger partial charge on any atom is 0.338 e. The summed E-state index contributed by atoms with van der Waals surface area (Å²) in [6.07, 6.45) is 0. The Hall–Kier alpha value is -4.26. The number of rotatable bonds is 6. The number of fused-ring (bicyclic) bond motifs is 3. The first-order valence-corrected chi connectivity index (χ1v) is 11.1. The van der Waals surface area contributed by atoms with E-state index in [2.05, 4.69) is 5.32 Å². The number of methoxy groups -OCH3 is 2. The monoisotopic (exact) mass is 455 g/mol. The van der Waals surface area contributed by atoms with E-state index >= 15 is 0 Å². The molecule has 3 aromatic carbocycles. The summed E-state index contributed by atoms with van der Waals surface area (Å²) in [7, 11) is 3.20. The number of benzene rings is 3. The summed E-state index contributed by atoms with van der Waals surface area (Å²) < 4.78 is 19.0. The molecule has 0 amide bonds. The van der Waals surface area contributed by atoms with Crippen molar-refractivity contribution in [3.63, 3.8) is 0 Å². The first kappa shape index (κ1) is 21.6. The molecule has 172 valence electrons. The SMILES string of the molecule is CCOC(=O)C1=C(c2ccccc2)Nc2nc3ccccc3n2[C@H]1c1cccc(OC)c1OC. The van der Waals surface area contributed by atoms with Crippen LogP contribution in [0.5, 0.6) is 11.5 Å². The minimum absolute atomic E-state index is 0.254. The Morgan fingerprint density at radius 3 is 2.47 bits per heavy atom. The first-order chi connectivity index (χ1) is 16.7. The predicted molar refractivity (Wildman–Crippen MR) is 131 cm³/mol. The third-order valence-corrected chi connectivity index (χ3v) is 5.92. The van der Waals surface area contributed by atoms with Gasteiger partial charge in [-0.25, -0.2) is 9.78 Å². The van der Waals surface area contributed by atoms with Crippen molar-refractivity contribution in [3.05, 3.63) is 89.5 Å². The smallest absolute Gasteiger partial charge is 0.338 e. The van der Waals surface area contributed by atoms with Gasteiger partial charge in [0, 0.05) is 5.56 Å². The maximum atomic E-state index is 13.6. The molecule has 1 atom stereocenters. The van der Waals surface area contributed by atoms with Gasteiger partial charge in [0.05, 0.1) is 43.1 Å². The second kappa shape index (κ2) is 8.94. The Morgan fingerprint density at radius 1 is 0.971 bits per heavy atom. The zero-order valence-corrected chi connectivity index (χ0v) is 19.2. The Labute approximate surface area is 197 Å². The van der Waals surface area contributed by atoms with Gasteiger partial charge in [-0.1, -0.05) is 54.6 Å². The predicted octanol–water partition coefficient (Wildman–Crippen LogP) is 5.04. The van der Waals surface area contributed by atoms with Crippen LogP contribution in [0.2, 0.25) is 0 Å². The highest BCUT2D eigenvalue weighted by Gasteiger charge is 2.38. The molecule has 7 heteroatoms. The van der Waals surface area contributed by atoms with Crippen LogP contribution in [0.25, 0.3) is 16.7 Å². The van der Waals surface area contributed by atoms with Crippen LogP contribution in [0, 0.1) is 0 Å². The average Bonchev–Trinajstić information content (AvgIpc) is 3.26. The van der Waals surface area contributed by atoms with Gasteiger partial charge >= 0.3 is 5.97 Å². The third-order valence-electron chi connectivity index (χ3n) is 5.92. The van der Waals surface area contributed by atoms with Crippen LogP contribution in [0.3, 0.4) is 0 Å². The summed E-state index contributed by atoms with van der Waals surface area (Å²) in [4.78, 5) is 18.4. The summed E-state index contributed by atoms with van der Waals surface area (Å²) in [5.41, 5.74) is 4.44. The Balaban J connectivity index is 1.88. The number of carbonyl (C=O) groups is 1. The third kappa shape index (κ3) is 3.46. The van der Waals surface area contributed by atoms with Gasteiger partial charge in [-0.2, -0.15) is 0 Å². The molecule has 1 aliphatic rings. The van der Waals surface area contributed by atoms with Crippen LogP contribution >= 0.6 is 0 Å². The van der Waals surface area contributed by atoms with Crippen LogP contribution in [-0.2, 0) is 9.53 Å². The van der Waals surface area contributed by atoms with Crippen LogP contribution in [0.15, 0.2) is 78.4 Å². The molecule has 1 aromatic heterocycles. The standard InChI is InChI=1S/C27H25N3O4/c1-4-34-26(31)22-23(17-11-6-5-7-12-17)29-27-28-19-14-8-9-15-20(19)30(27)24(22)18-13-10-16-21(32-2)25(18)33-3/h5-16,24H,4H2,1-3H3,(H,28,29)/t24-/m0/s1. The molecule has 2 heterocycles. The molecule has 0 bridgehead atoms. The van der Waals surface area contributed by atoms with E-state index < -0.39 is 12.0 Å². The van der Waals surface area contributed by atoms with Crippen LogP contribution in [-0.4, -0.2) is 36.3 Å². The number of para-hydroxylation sites is 3. The quantitative estimate of drug-likeness (QED) is 0.411. The Morgan fingerprint density at radius 2 is 1.74 bits per heavy atom. The van der Waals surface area contributed by atoms with Crippen LogP contribution < -0.4 is 14.8 Å². The van der Waals surface area contributed by atoms with Crippen molar-refractivity contribution in [2.24, 2.45) is 0 Å². The Bertz CT molecular complexity index is 1390. The lowest BCUT2D eigenvalue weighted by Gasteiger charge is -2.32. The van der Waals surface area contributed by atoms with Crippen molar-refractivity contribution < 1.29 is 19.0 Å². The summed E-state index contributed by atoms with van der Waals surface area (Å²) >= 11 is 0. The fraction of sp³-hybridized carbons (Fsp3) is 0.185. The van der Waals surface area contributed by atoms with E-state index in [0.717, 1.165) is 22.2 Å². The first-order valence-electron chi connectivity index (χ1n) is 11.1. The number of hydrogen-bond acceptors (Lipinski definition) is 6. The number of carbonyl (C=O) groups excluding carboxylic acids is 1. The summed E-state index contributed by atoms with van der Waals surface area (Å²) in [6.45, 7) is 2.06. The summed E-state index contributed by atoms with van der Waals surface area (Å²) in [5, 5.41) is 3.42. The fourth-order valence-electron chi connectivity index (χ4n) is 4.52. The van der Waals surface area contributed by atoms with Gasteiger partial charge in [0.2, 0.25) is 5.95 Å². The molecule has 0 saturated carbocycles. The number of esters is 1. The van der Waals surface area contributed by atoms with E-state index in [-0.39, 0.29) is 6.61 Å². The molecule has 0 aliphatic carbocycles. The molecule has 34 heavy (non-hydrogen) atoms. The van der Waals surface area contributed by atoms with Gasteiger partial charge in [0.1, 0.15) is 6.04 Å². The highest BCUT2D eigenvalue weighted by atomic mass is 16.5. The van der Waals surface area contributed by atoms with Crippen molar-refractivity contribution in [1.29, 1.82) is 0 Å². The maximum absolute atomic E-state index is 13.6. The second-order valence-corrected chi connectivity index (χ2v) is 7.78. The number of hydrogen-bond donors (Lipinski definition) is 1. The van der Waals surface area contributed by atoms with E-state index in [1.165, 1.54) is 0 Å². The number of aromatic nitrogens is 2. The fourth-order valence-corrected chi connectivity index (χ4v) is 4.52. The second-order valence-electron chi connectivity index (χ2n) is 7.78. The molecule has 4 aromatic rings. The number of anilines is 1. The van der Waals surface area contributed by atoms with Gasteiger partial charge in [-0.15, -0.1) is 0 Å². The van der Waals surface area contributed by atoms with Crippen molar-refractivity contribution in [3.8, 4) is 11.5 Å². The van der Waals surface area contributed by atoms with E-state index in [9.17, 15) is 4.79 Å². The number of nitrogens with one attached hydrogen (secondary N) is 1. The number of ether oxygens (including phenoxy) is 3. The van der Waals surface area contributed by atoms with Crippen LogP contribution in [0.1, 0.15) is 24.1 Å². The van der Waals surface area contributed by atoms with Gasteiger partial charge in [-0.3, -0.25) is 4.57 Å². The van der Waals surface area contributed by atoms with Gasteiger partial charge in [0.15, 0.2) is 11.5 Å². The number of nitrogens with zero attached hydrogens (tertiary/aromatic N) is 2. The molecule has 0 saturated heterocycles. The normalized spacial score (nSPS) is 15.0. The van der Waals surface area contributed by atoms with Crippen molar-refractivity contribution >= 4 is 28.6 Å². The summed E-state index contributed by atoms with van der Waals surface area (Å²) in [6, 6.07) is 22.7. The van der Waals surface area contributed by atoms with Crippen molar-refractivity contribution in [2.45, 2.75) is 13.0 Å². The lowest BCUT2D eigenvalue weighted by molar-refractivity contribution is -0.138. The molecular formula is C27H25N3O4. The van der Waals surface area contributed by atoms with E-state index in [4.69, 9.17) is 19.2 Å². The Kier molecular flexibility index (Phi) is 5.67. The zero-order chi connectivity index (χ0) is 23.7. The molecule has 7 nitrogen and oxygen atoms in total. The minimum Gasteiger partial charge on any atom is -0.493 e. The average molecular weight is 456 g/mol. The zero-order valence-electron chi connectivity index (χ0n) is 19.2. The van der Waals surface area contributed by atoms with Gasteiger partial charge in [-0.05, 0) is 30.7 Å². The summed E-state index contributed by atoms with van der Waals surface area (Å²) in [5.74, 6) is 1.35. The van der Waals surface area contributed by atoms with Gasteiger partial charge in [0.25, 0.3) is 0 Å². The molecular weight excluding hydrogens is 430 g/mol. The van der Waals surface area contributed by atoms with Gasteiger partial charge < -0.3 is 19.5 Å². The van der Waals surface area contributed by atoms with Crippen molar-refractivity contribution in [2.75, 3.05) is 26.1 Å². The largest absolute Gasteiger partial charge is 0.493 e. The number of imidazole rings is 1. The molecule has 5 rings (SSSR count). The molecule has 1 N–H and O–H groups in total. The molecule has 1 aliphatic heterocycles. The minimum atomic E-state index is -0.567. The lowest BCUT2D eigenvalue weighted by Crippen LogP contribution is -2.29. The highest BCUT2D eigenvalue weighted by molar-refractivity contribution is 6.03. The van der Waals surface area contributed by atoms with Crippen molar-refractivity contribution in [1.82, 2.24) is 9.55 Å². The molecule has 0 fully saturated rings. The van der Waals surface area contributed by atoms with E-state index in [0.29, 0.717) is 28.7 Å². The topological polar surface area (TPSA) is 74.6 Å².